The number of ether oxygens (including phenoxy) is 1. The second-order valence-electron chi connectivity index (χ2n) is 2.59. The molecule has 1 atom stereocenters. The lowest BCUT2D eigenvalue weighted by atomic mass is 10.3. The van der Waals surface area contributed by atoms with Crippen LogP contribution >= 0.6 is 0 Å². The van der Waals surface area contributed by atoms with Gasteiger partial charge in [-0.2, -0.15) is 0 Å². The van der Waals surface area contributed by atoms with Gasteiger partial charge < -0.3 is 15.2 Å². The molecule has 0 fully saturated rings. The molecule has 1 aromatic heterocycles. The first-order valence-electron chi connectivity index (χ1n) is 3.98. The van der Waals surface area contributed by atoms with Crippen LogP contribution in [0.15, 0.2) is 18.6 Å². The number of carboxylic acid groups (broad SMARTS) is 1. The highest BCUT2D eigenvalue weighted by Crippen LogP contribution is 2.01. The summed E-state index contributed by atoms with van der Waals surface area (Å²) in [6, 6.07) is 0.792. The number of hydrogen-bond donors (Lipinski definition) is 2. The van der Waals surface area contributed by atoms with Crippen LogP contribution in [0.1, 0.15) is 0 Å². The maximum absolute atomic E-state index is 10.7. The van der Waals surface area contributed by atoms with Gasteiger partial charge in [-0.1, -0.05) is 0 Å². The van der Waals surface area contributed by atoms with Crippen molar-refractivity contribution in [3.8, 4) is 0 Å². The maximum atomic E-state index is 10.7. The first-order chi connectivity index (χ1) is 6.74. The smallest absolute Gasteiger partial charge is 0.328 e. The Balaban J connectivity index is 2.60. The van der Waals surface area contributed by atoms with Gasteiger partial charge in [0, 0.05) is 13.3 Å². The van der Waals surface area contributed by atoms with Crippen molar-refractivity contribution in [1.82, 2.24) is 9.97 Å². The van der Waals surface area contributed by atoms with Crippen LogP contribution in [-0.2, 0) is 9.53 Å². The SMILES string of the molecule is COCC(Nc1ccncn1)C(=O)O. The second-order valence-corrected chi connectivity index (χ2v) is 2.59. The van der Waals surface area contributed by atoms with Crippen molar-refractivity contribution >= 4 is 11.8 Å². The number of aromatic nitrogens is 2. The number of carbonyl (C=O) groups is 1. The molecular weight excluding hydrogens is 186 g/mol. The third kappa shape index (κ3) is 2.98. The number of carboxylic acids is 1. The van der Waals surface area contributed by atoms with Crippen molar-refractivity contribution in [2.24, 2.45) is 0 Å². The normalized spacial score (nSPS) is 12.1. The first kappa shape index (κ1) is 10.4. The Morgan fingerprint density at radius 2 is 2.57 bits per heavy atom. The average Bonchev–Trinajstić information content (AvgIpc) is 2.18. The van der Waals surface area contributed by atoms with E-state index in [0.717, 1.165) is 0 Å². The molecule has 0 spiro atoms. The third-order valence-corrected chi connectivity index (χ3v) is 1.54. The molecule has 1 unspecified atom stereocenters. The molecule has 0 aliphatic rings. The molecule has 6 nitrogen and oxygen atoms in total. The Kier molecular flexibility index (Phi) is 3.81. The lowest BCUT2D eigenvalue weighted by molar-refractivity contribution is -0.139. The molecular formula is C8H11N3O3. The molecule has 0 saturated heterocycles. The summed E-state index contributed by atoms with van der Waals surface area (Å²) in [4.78, 5) is 18.3. The highest BCUT2D eigenvalue weighted by atomic mass is 16.5. The number of rotatable bonds is 5. The monoisotopic (exact) mass is 197 g/mol. The summed E-state index contributed by atoms with van der Waals surface area (Å²) in [6.45, 7) is 0.0827. The molecule has 76 valence electrons. The number of nitrogens with one attached hydrogen (secondary N) is 1. The number of hydrogen-bond acceptors (Lipinski definition) is 5. The van der Waals surface area contributed by atoms with Crippen LogP contribution in [0.25, 0.3) is 0 Å². The molecule has 6 heteroatoms. The van der Waals surface area contributed by atoms with Gasteiger partial charge in [0.1, 0.15) is 18.2 Å². The van der Waals surface area contributed by atoms with Crippen LogP contribution in [0.2, 0.25) is 0 Å². The van der Waals surface area contributed by atoms with E-state index in [2.05, 4.69) is 15.3 Å². The summed E-state index contributed by atoms with van der Waals surface area (Å²) in [5, 5.41) is 11.5. The molecule has 0 aliphatic heterocycles. The second kappa shape index (κ2) is 5.13. The van der Waals surface area contributed by atoms with Gasteiger partial charge in [0.2, 0.25) is 0 Å². The molecule has 0 saturated carbocycles. The lowest BCUT2D eigenvalue weighted by Crippen LogP contribution is -2.33. The van der Waals surface area contributed by atoms with Crippen molar-refractivity contribution in [2.45, 2.75) is 6.04 Å². The van der Waals surface area contributed by atoms with Crippen LogP contribution < -0.4 is 5.32 Å². The molecule has 1 heterocycles. The molecule has 1 aromatic rings. The quantitative estimate of drug-likeness (QED) is 0.690. The number of anilines is 1. The van der Waals surface area contributed by atoms with Gasteiger partial charge in [0.15, 0.2) is 0 Å². The Hall–Kier alpha value is -1.69. The zero-order chi connectivity index (χ0) is 10.4. The van der Waals surface area contributed by atoms with E-state index in [4.69, 9.17) is 9.84 Å². The topological polar surface area (TPSA) is 84.3 Å². The van der Waals surface area contributed by atoms with Gasteiger partial charge in [-0.05, 0) is 6.07 Å². The summed E-state index contributed by atoms with van der Waals surface area (Å²) >= 11 is 0. The minimum Gasteiger partial charge on any atom is -0.480 e. The van der Waals surface area contributed by atoms with Crippen LogP contribution in [0.5, 0.6) is 0 Å². The summed E-state index contributed by atoms with van der Waals surface area (Å²) < 4.78 is 4.75. The fraction of sp³-hybridized carbons (Fsp3) is 0.375. The minimum atomic E-state index is -0.981. The highest BCUT2D eigenvalue weighted by molar-refractivity contribution is 5.76. The molecule has 0 aliphatic carbocycles. The molecule has 1 rings (SSSR count). The summed E-state index contributed by atoms with van der Waals surface area (Å²) in [7, 11) is 1.44. The molecule has 0 bridgehead atoms. The molecule has 0 radical (unpaired) electrons. The van der Waals surface area contributed by atoms with Crippen LogP contribution in [-0.4, -0.2) is 40.8 Å². The summed E-state index contributed by atoms with van der Waals surface area (Å²) in [6.07, 6.45) is 2.87. The molecule has 0 aromatic carbocycles. The van der Waals surface area contributed by atoms with E-state index >= 15 is 0 Å². The summed E-state index contributed by atoms with van der Waals surface area (Å²) in [5.41, 5.74) is 0. The Bertz CT molecular complexity index is 291. The van der Waals surface area contributed by atoms with E-state index in [1.54, 1.807) is 6.07 Å². The molecule has 14 heavy (non-hydrogen) atoms. The first-order valence-corrected chi connectivity index (χ1v) is 3.98. The third-order valence-electron chi connectivity index (χ3n) is 1.54. The number of methoxy groups -OCH3 is 1. The van der Waals surface area contributed by atoms with Crippen molar-refractivity contribution < 1.29 is 14.6 Å². The highest BCUT2D eigenvalue weighted by Gasteiger charge is 2.16. The van der Waals surface area contributed by atoms with E-state index in [9.17, 15) is 4.79 Å². The van der Waals surface area contributed by atoms with Gasteiger partial charge in [0.25, 0.3) is 0 Å². The fourth-order valence-corrected chi connectivity index (χ4v) is 0.896. The van der Waals surface area contributed by atoms with Crippen LogP contribution in [0.4, 0.5) is 5.82 Å². The zero-order valence-electron chi connectivity index (χ0n) is 7.67. The van der Waals surface area contributed by atoms with E-state index in [1.807, 2.05) is 0 Å². The number of nitrogens with zero attached hydrogens (tertiary/aromatic N) is 2. The largest absolute Gasteiger partial charge is 0.480 e. The van der Waals surface area contributed by atoms with Crippen molar-refractivity contribution in [3.63, 3.8) is 0 Å². The predicted molar refractivity (Wildman–Crippen MR) is 49.0 cm³/mol. The van der Waals surface area contributed by atoms with E-state index in [1.165, 1.54) is 19.6 Å². The van der Waals surface area contributed by atoms with Gasteiger partial charge in [-0.3, -0.25) is 0 Å². The van der Waals surface area contributed by atoms with Crippen molar-refractivity contribution in [2.75, 3.05) is 19.0 Å². The summed E-state index contributed by atoms with van der Waals surface area (Å²) in [5.74, 6) is -0.519. The van der Waals surface area contributed by atoms with Gasteiger partial charge in [-0.25, -0.2) is 14.8 Å². The van der Waals surface area contributed by atoms with E-state index < -0.39 is 12.0 Å². The van der Waals surface area contributed by atoms with Gasteiger partial charge in [-0.15, -0.1) is 0 Å². The van der Waals surface area contributed by atoms with Crippen LogP contribution in [0, 0.1) is 0 Å². The maximum Gasteiger partial charge on any atom is 0.328 e. The Morgan fingerprint density at radius 1 is 1.79 bits per heavy atom. The standard InChI is InChI=1S/C8H11N3O3/c1-14-4-6(8(12)13)11-7-2-3-9-5-10-7/h2-3,5-6H,4H2,1H3,(H,12,13)(H,9,10,11). The Morgan fingerprint density at radius 3 is 3.07 bits per heavy atom. The molecule has 2 N–H and O–H groups in total. The fourth-order valence-electron chi connectivity index (χ4n) is 0.896. The lowest BCUT2D eigenvalue weighted by Gasteiger charge is -2.13. The van der Waals surface area contributed by atoms with E-state index in [-0.39, 0.29) is 6.61 Å². The van der Waals surface area contributed by atoms with Crippen molar-refractivity contribution in [3.05, 3.63) is 18.6 Å². The average molecular weight is 197 g/mol. The van der Waals surface area contributed by atoms with Crippen molar-refractivity contribution in [1.29, 1.82) is 0 Å². The van der Waals surface area contributed by atoms with Gasteiger partial charge in [0.05, 0.1) is 6.61 Å². The number of aliphatic carboxylic acids is 1. The minimum absolute atomic E-state index is 0.0827. The van der Waals surface area contributed by atoms with E-state index in [0.29, 0.717) is 5.82 Å². The van der Waals surface area contributed by atoms with Crippen LogP contribution in [0.3, 0.4) is 0 Å². The molecule has 0 amide bonds. The Labute approximate surface area is 80.9 Å². The zero-order valence-corrected chi connectivity index (χ0v) is 7.67. The predicted octanol–water partition coefficient (Wildman–Crippen LogP) is -0.0119. The van der Waals surface area contributed by atoms with Gasteiger partial charge >= 0.3 is 5.97 Å².